The van der Waals surface area contributed by atoms with Crippen molar-refractivity contribution in [2.75, 3.05) is 19.0 Å². The van der Waals surface area contributed by atoms with E-state index in [0.717, 1.165) is 25.0 Å². The van der Waals surface area contributed by atoms with E-state index in [2.05, 4.69) is 4.74 Å². The summed E-state index contributed by atoms with van der Waals surface area (Å²) in [5.74, 6) is -8.72. The molecule has 1 aliphatic rings. The number of rotatable bonds is 9. The van der Waals surface area contributed by atoms with Gasteiger partial charge in [0.15, 0.2) is 17.5 Å². The fourth-order valence-corrected chi connectivity index (χ4v) is 4.98. The maximum atomic E-state index is 14.6. The number of alkyl halides is 2. The molecule has 0 bridgehead atoms. The van der Waals surface area contributed by atoms with Crippen molar-refractivity contribution in [3.8, 4) is 5.75 Å². The Kier molecular flexibility index (Phi) is 8.92. The summed E-state index contributed by atoms with van der Waals surface area (Å²) in [4.78, 5) is 0. The molecule has 2 unspecified atom stereocenters. The fraction of sp³-hybridized carbons (Fsp3) is 0.417. The van der Waals surface area contributed by atoms with Crippen molar-refractivity contribution in [1.82, 2.24) is 0 Å². The van der Waals surface area contributed by atoms with Crippen LogP contribution in [0.5, 0.6) is 5.75 Å². The molecule has 2 atom stereocenters. The van der Waals surface area contributed by atoms with Gasteiger partial charge in [0.2, 0.25) is 0 Å². The van der Waals surface area contributed by atoms with Crippen LogP contribution in [0.2, 0.25) is 0 Å². The van der Waals surface area contributed by atoms with Gasteiger partial charge in [0.1, 0.15) is 22.9 Å². The Morgan fingerprint density at radius 1 is 0.941 bits per heavy atom. The van der Waals surface area contributed by atoms with E-state index in [0.29, 0.717) is 25.4 Å². The van der Waals surface area contributed by atoms with Crippen molar-refractivity contribution in [3.05, 3.63) is 76.6 Å². The van der Waals surface area contributed by atoms with Crippen molar-refractivity contribution < 1.29 is 40.2 Å². The molecule has 2 aromatic rings. The Bertz CT molecular complexity index is 974. The first-order valence-corrected chi connectivity index (χ1v) is 11.7. The normalized spacial score (nSPS) is 19.1. The number of ether oxygens (including phenoxy) is 2. The molecule has 1 saturated heterocycles. The third kappa shape index (κ3) is 6.47. The van der Waals surface area contributed by atoms with Gasteiger partial charge >= 0.3 is 6.11 Å². The lowest BCUT2D eigenvalue weighted by atomic mass is 9.98. The van der Waals surface area contributed by atoms with Crippen LogP contribution in [-0.4, -0.2) is 19.0 Å². The molecule has 1 aliphatic heterocycles. The molecular formula is C24H23F7O2S. The molecule has 0 N–H and O–H groups in total. The van der Waals surface area contributed by atoms with Gasteiger partial charge in [-0.2, -0.15) is 20.5 Å². The molecule has 186 valence electrons. The summed E-state index contributed by atoms with van der Waals surface area (Å²) in [5.41, 5.74) is -1.49. The van der Waals surface area contributed by atoms with Crippen LogP contribution in [0.4, 0.5) is 30.7 Å². The first kappa shape index (κ1) is 26.4. The van der Waals surface area contributed by atoms with Gasteiger partial charge in [-0.3, -0.25) is 0 Å². The van der Waals surface area contributed by atoms with Crippen LogP contribution in [0.3, 0.4) is 0 Å². The number of halogens is 7. The summed E-state index contributed by atoms with van der Waals surface area (Å²) < 4.78 is 107. The average Bonchev–Trinajstić information content (AvgIpc) is 2.76. The van der Waals surface area contributed by atoms with Crippen molar-refractivity contribution in [2.24, 2.45) is 5.92 Å². The van der Waals surface area contributed by atoms with E-state index < -0.39 is 46.5 Å². The Balaban J connectivity index is 1.67. The molecule has 1 fully saturated rings. The molecule has 0 aliphatic carbocycles. The molecule has 0 aromatic heterocycles. The molecule has 3 rings (SSSR count). The van der Waals surface area contributed by atoms with Gasteiger partial charge in [-0.15, -0.1) is 0 Å². The standard InChI is InChI=1S/C24H23F7O2S/c1-2-3-4-7-32-12-14-5-6-21(34-13-14)15-8-17(25)22(18(26)9-15)24(30,31)33-16-10-19(27)23(29)20(28)11-16/h3-4,8-11,14,21H,2,5-7,12-13H2,1H3/b4-3-. The average molecular weight is 508 g/mol. The van der Waals surface area contributed by atoms with Crippen molar-refractivity contribution in [2.45, 2.75) is 37.5 Å². The minimum absolute atomic E-state index is 0.162. The summed E-state index contributed by atoms with van der Waals surface area (Å²) >= 11 is 1.46. The summed E-state index contributed by atoms with van der Waals surface area (Å²) in [6, 6.07) is 1.95. The van der Waals surface area contributed by atoms with Crippen LogP contribution in [0.25, 0.3) is 0 Å². The van der Waals surface area contributed by atoms with Gasteiger partial charge in [0.25, 0.3) is 0 Å². The zero-order chi connectivity index (χ0) is 24.9. The summed E-state index contributed by atoms with van der Waals surface area (Å²) in [6.07, 6.45) is 1.61. The number of hydrogen-bond acceptors (Lipinski definition) is 3. The highest BCUT2D eigenvalue weighted by Gasteiger charge is 2.42. The predicted molar refractivity (Wildman–Crippen MR) is 115 cm³/mol. The summed E-state index contributed by atoms with van der Waals surface area (Å²) in [6.45, 7) is 3.10. The monoisotopic (exact) mass is 508 g/mol. The Hall–Kier alpha value is -2.20. The van der Waals surface area contributed by atoms with E-state index in [1.807, 2.05) is 19.1 Å². The quantitative estimate of drug-likeness (QED) is 0.150. The lowest BCUT2D eigenvalue weighted by Gasteiger charge is -2.28. The molecule has 2 nitrogen and oxygen atoms in total. The minimum Gasteiger partial charge on any atom is -0.429 e. The Morgan fingerprint density at radius 2 is 1.59 bits per heavy atom. The largest absolute Gasteiger partial charge is 0.432 e. The molecule has 0 saturated carbocycles. The highest BCUT2D eigenvalue weighted by atomic mass is 32.2. The highest BCUT2D eigenvalue weighted by molar-refractivity contribution is 7.99. The number of benzene rings is 2. The number of allylic oxidation sites excluding steroid dienone is 1. The summed E-state index contributed by atoms with van der Waals surface area (Å²) in [5, 5.41) is -0.288. The molecular weight excluding hydrogens is 485 g/mol. The molecule has 2 aromatic carbocycles. The SMILES string of the molecule is CC/C=C\COCC1CCC(c2cc(F)c(C(F)(F)Oc3cc(F)c(F)c(F)c3)c(F)c2)SC1. The zero-order valence-corrected chi connectivity index (χ0v) is 19.0. The van der Waals surface area contributed by atoms with E-state index in [1.165, 1.54) is 11.8 Å². The summed E-state index contributed by atoms with van der Waals surface area (Å²) in [7, 11) is 0. The first-order chi connectivity index (χ1) is 16.1. The Morgan fingerprint density at radius 3 is 2.15 bits per heavy atom. The number of hydrogen-bond donors (Lipinski definition) is 0. The third-order valence-electron chi connectivity index (χ3n) is 5.27. The fourth-order valence-electron chi connectivity index (χ4n) is 3.58. The first-order valence-electron chi connectivity index (χ1n) is 10.7. The molecule has 0 radical (unpaired) electrons. The highest BCUT2D eigenvalue weighted by Crippen LogP contribution is 2.43. The van der Waals surface area contributed by atoms with Crippen molar-refractivity contribution >= 4 is 11.8 Å². The lowest BCUT2D eigenvalue weighted by molar-refractivity contribution is -0.189. The van der Waals surface area contributed by atoms with E-state index >= 15 is 0 Å². The maximum Gasteiger partial charge on any atom is 0.432 e. The van der Waals surface area contributed by atoms with E-state index in [1.54, 1.807) is 0 Å². The van der Waals surface area contributed by atoms with Crippen LogP contribution < -0.4 is 4.74 Å². The van der Waals surface area contributed by atoms with Crippen molar-refractivity contribution in [1.29, 1.82) is 0 Å². The van der Waals surface area contributed by atoms with E-state index in [-0.39, 0.29) is 28.9 Å². The van der Waals surface area contributed by atoms with Gasteiger partial charge in [-0.05, 0) is 48.6 Å². The van der Waals surface area contributed by atoms with Crippen LogP contribution >= 0.6 is 11.8 Å². The smallest absolute Gasteiger partial charge is 0.429 e. The van der Waals surface area contributed by atoms with Gasteiger partial charge in [-0.1, -0.05) is 19.1 Å². The lowest BCUT2D eigenvalue weighted by Crippen LogP contribution is -2.26. The van der Waals surface area contributed by atoms with Gasteiger partial charge in [-0.25, -0.2) is 22.0 Å². The van der Waals surface area contributed by atoms with Gasteiger partial charge < -0.3 is 9.47 Å². The predicted octanol–water partition coefficient (Wildman–Crippen LogP) is 7.68. The van der Waals surface area contributed by atoms with Crippen LogP contribution in [-0.2, 0) is 10.8 Å². The topological polar surface area (TPSA) is 18.5 Å². The van der Waals surface area contributed by atoms with Crippen LogP contribution in [0.1, 0.15) is 42.6 Å². The minimum atomic E-state index is -4.60. The molecule has 0 spiro atoms. The third-order valence-corrected chi connectivity index (χ3v) is 6.84. The number of thioether (sulfide) groups is 1. The molecule has 34 heavy (non-hydrogen) atoms. The maximum absolute atomic E-state index is 14.6. The molecule has 10 heteroatoms. The zero-order valence-electron chi connectivity index (χ0n) is 18.2. The van der Waals surface area contributed by atoms with E-state index in [9.17, 15) is 30.7 Å². The van der Waals surface area contributed by atoms with Gasteiger partial charge in [0.05, 0.1) is 13.2 Å². The second kappa shape index (κ2) is 11.5. The van der Waals surface area contributed by atoms with Crippen molar-refractivity contribution in [3.63, 3.8) is 0 Å². The van der Waals surface area contributed by atoms with Crippen LogP contribution in [0, 0.1) is 35.0 Å². The van der Waals surface area contributed by atoms with E-state index in [4.69, 9.17) is 4.74 Å². The Labute approximate surface area is 197 Å². The second-order valence-electron chi connectivity index (χ2n) is 7.86. The van der Waals surface area contributed by atoms with Crippen LogP contribution in [0.15, 0.2) is 36.4 Å². The second-order valence-corrected chi connectivity index (χ2v) is 9.10. The molecule has 0 amide bonds. The molecule has 1 heterocycles. The van der Waals surface area contributed by atoms with Gasteiger partial charge in [0, 0.05) is 17.4 Å².